The van der Waals surface area contributed by atoms with E-state index in [0.29, 0.717) is 34.3 Å². The summed E-state index contributed by atoms with van der Waals surface area (Å²) in [6.07, 6.45) is 1.42. The van der Waals surface area contributed by atoms with Gasteiger partial charge < -0.3 is 9.88 Å². The van der Waals surface area contributed by atoms with Crippen LogP contribution >= 0.6 is 15.9 Å². The van der Waals surface area contributed by atoms with Crippen molar-refractivity contribution >= 4 is 21.8 Å². The zero-order chi connectivity index (χ0) is 19.4. The number of hydrogen-bond acceptors (Lipinski definition) is 2. The number of halogens is 2. The van der Waals surface area contributed by atoms with Crippen molar-refractivity contribution < 1.29 is 9.18 Å². The molecule has 0 radical (unpaired) electrons. The number of aromatic nitrogens is 1. The summed E-state index contributed by atoms with van der Waals surface area (Å²) in [5.74, 6) is -0.594. The van der Waals surface area contributed by atoms with Crippen LogP contribution in [0.5, 0.6) is 0 Å². The molecule has 0 saturated heterocycles. The van der Waals surface area contributed by atoms with Crippen LogP contribution in [0.4, 0.5) is 4.39 Å². The standard InChI is InChI=1S/C20H24BrFN2O2/c1-5-10-24-13(4)17(12(3)18(21)20(24)26)19(25)23-16(6-2)14-8-7-9-15(22)11-14/h7-9,11,16H,5-6,10H2,1-4H3,(H,23,25)/t16-/m0/s1. The predicted molar refractivity (Wildman–Crippen MR) is 105 cm³/mol. The fraction of sp³-hybridized carbons (Fsp3) is 0.400. The lowest BCUT2D eigenvalue weighted by Crippen LogP contribution is -2.33. The topological polar surface area (TPSA) is 51.1 Å². The minimum absolute atomic E-state index is 0.129. The van der Waals surface area contributed by atoms with Gasteiger partial charge in [-0.15, -0.1) is 0 Å². The largest absolute Gasteiger partial charge is 0.345 e. The zero-order valence-electron chi connectivity index (χ0n) is 15.5. The van der Waals surface area contributed by atoms with Gasteiger partial charge >= 0.3 is 0 Å². The second kappa shape index (κ2) is 8.62. The lowest BCUT2D eigenvalue weighted by molar-refractivity contribution is 0.0933. The molecule has 6 heteroatoms. The number of carbonyl (C=O) groups is 1. The maximum Gasteiger partial charge on any atom is 0.265 e. The molecule has 0 aliphatic heterocycles. The van der Waals surface area contributed by atoms with Crippen LogP contribution in [0.25, 0.3) is 0 Å². The summed E-state index contributed by atoms with van der Waals surface area (Å²) in [7, 11) is 0. The molecule has 2 rings (SSSR count). The van der Waals surface area contributed by atoms with Gasteiger partial charge in [0, 0.05) is 12.2 Å². The van der Waals surface area contributed by atoms with E-state index in [1.807, 2.05) is 13.8 Å². The second-order valence-electron chi connectivity index (χ2n) is 6.35. The Kier molecular flexibility index (Phi) is 6.75. The second-order valence-corrected chi connectivity index (χ2v) is 7.14. The molecular weight excluding hydrogens is 399 g/mol. The molecule has 0 aliphatic carbocycles. The van der Waals surface area contributed by atoms with Gasteiger partial charge in [-0.1, -0.05) is 26.0 Å². The number of rotatable bonds is 6. The van der Waals surface area contributed by atoms with Crippen molar-refractivity contribution in [3.05, 3.63) is 67.3 Å². The van der Waals surface area contributed by atoms with Gasteiger partial charge in [0.25, 0.3) is 11.5 Å². The first-order valence-electron chi connectivity index (χ1n) is 8.77. The molecule has 1 aromatic heterocycles. The van der Waals surface area contributed by atoms with Crippen molar-refractivity contribution in [2.75, 3.05) is 0 Å². The van der Waals surface area contributed by atoms with Gasteiger partial charge in [0.05, 0.1) is 16.1 Å². The summed E-state index contributed by atoms with van der Waals surface area (Å²) in [6, 6.07) is 5.94. The highest BCUT2D eigenvalue weighted by Gasteiger charge is 2.22. The fourth-order valence-electron chi connectivity index (χ4n) is 3.15. The molecule has 2 aromatic rings. The van der Waals surface area contributed by atoms with Crippen LogP contribution in [-0.4, -0.2) is 10.5 Å². The quantitative estimate of drug-likeness (QED) is 0.735. The Balaban J connectivity index is 2.44. The summed E-state index contributed by atoms with van der Waals surface area (Å²) in [5.41, 5.74) is 2.34. The summed E-state index contributed by atoms with van der Waals surface area (Å²) in [6.45, 7) is 8.01. The predicted octanol–water partition coefficient (Wildman–Crippen LogP) is 4.66. The van der Waals surface area contributed by atoms with Crippen molar-refractivity contribution in [3.63, 3.8) is 0 Å². The molecule has 0 spiro atoms. The molecule has 0 unspecified atom stereocenters. The first-order valence-corrected chi connectivity index (χ1v) is 9.56. The van der Waals surface area contributed by atoms with Crippen molar-refractivity contribution in [3.8, 4) is 0 Å². The first kappa shape index (κ1) is 20.4. The number of amides is 1. The van der Waals surface area contributed by atoms with E-state index in [1.54, 1.807) is 30.5 Å². The van der Waals surface area contributed by atoms with E-state index in [2.05, 4.69) is 21.2 Å². The number of carbonyl (C=O) groups excluding carboxylic acids is 1. The molecule has 0 fully saturated rings. The van der Waals surface area contributed by atoms with E-state index in [0.717, 1.165) is 12.0 Å². The van der Waals surface area contributed by atoms with Crippen LogP contribution in [0, 0.1) is 19.7 Å². The molecule has 1 atom stereocenters. The monoisotopic (exact) mass is 422 g/mol. The number of nitrogens with one attached hydrogen (secondary N) is 1. The Hall–Kier alpha value is -1.95. The lowest BCUT2D eigenvalue weighted by atomic mass is 10.0. The molecule has 1 N–H and O–H groups in total. The van der Waals surface area contributed by atoms with Gasteiger partial charge in [-0.2, -0.15) is 0 Å². The van der Waals surface area contributed by atoms with Crippen LogP contribution in [0.15, 0.2) is 33.5 Å². The van der Waals surface area contributed by atoms with Crippen LogP contribution in [-0.2, 0) is 6.54 Å². The molecule has 1 amide bonds. The van der Waals surface area contributed by atoms with Crippen molar-refractivity contribution in [2.45, 2.75) is 53.1 Å². The SMILES string of the molecule is CCCn1c(C)c(C(=O)N[C@@H](CC)c2cccc(F)c2)c(C)c(Br)c1=O. The Morgan fingerprint density at radius 1 is 1.31 bits per heavy atom. The van der Waals surface area contributed by atoms with Crippen LogP contribution < -0.4 is 10.9 Å². The van der Waals surface area contributed by atoms with Gasteiger partial charge in [0.1, 0.15) is 5.82 Å². The highest BCUT2D eigenvalue weighted by atomic mass is 79.9. The minimum atomic E-state index is -0.332. The van der Waals surface area contributed by atoms with Gasteiger partial charge in [0.15, 0.2) is 0 Å². The van der Waals surface area contributed by atoms with E-state index in [-0.39, 0.29) is 23.3 Å². The highest BCUT2D eigenvalue weighted by Crippen LogP contribution is 2.23. The minimum Gasteiger partial charge on any atom is -0.345 e. The van der Waals surface area contributed by atoms with E-state index in [1.165, 1.54) is 12.1 Å². The van der Waals surface area contributed by atoms with Crippen molar-refractivity contribution in [2.24, 2.45) is 0 Å². The fourth-order valence-corrected chi connectivity index (χ4v) is 3.56. The lowest BCUT2D eigenvalue weighted by Gasteiger charge is -2.21. The molecule has 4 nitrogen and oxygen atoms in total. The molecule has 140 valence electrons. The summed E-state index contributed by atoms with van der Waals surface area (Å²) in [5, 5.41) is 2.98. The third-order valence-electron chi connectivity index (χ3n) is 4.54. The molecule has 1 heterocycles. The van der Waals surface area contributed by atoms with Crippen LogP contribution in [0.1, 0.15) is 59.9 Å². The van der Waals surface area contributed by atoms with Crippen molar-refractivity contribution in [1.82, 2.24) is 9.88 Å². The highest BCUT2D eigenvalue weighted by molar-refractivity contribution is 9.10. The normalized spacial score (nSPS) is 12.1. The summed E-state index contributed by atoms with van der Waals surface area (Å²) >= 11 is 3.33. The van der Waals surface area contributed by atoms with E-state index < -0.39 is 0 Å². The van der Waals surface area contributed by atoms with Crippen LogP contribution in [0.3, 0.4) is 0 Å². The smallest absolute Gasteiger partial charge is 0.265 e. The summed E-state index contributed by atoms with van der Waals surface area (Å²) < 4.78 is 15.6. The van der Waals surface area contributed by atoms with Crippen LogP contribution in [0.2, 0.25) is 0 Å². The van der Waals surface area contributed by atoms with Gasteiger partial charge in [-0.05, 0) is 65.9 Å². The molecule has 0 aliphatic rings. The molecule has 0 bridgehead atoms. The van der Waals surface area contributed by atoms with E-state index in [4.69, 9.17) is 0 Å². The number of nitrogens with zero attached hydrogens (tertiary/aromatic N) is 1. The third kappa shape index (κ3) is 4.06. The molecule has 1 aromatic carbocycles. The Morgan fingerprint density at radius 3 is 2.58 bits per heavy atom. The number of pyridine rings is 1. The Labute approximate surface area is 161 Å². The Morgan fingerprint density at radius 2 is 2.00 bits per heavy atom. The summed E-state index contributed by atoms with van der Waals surface area (Å²) in [4.78, 5) is 25.4. The zero-order valence-corrected chi connectivity index (χ0v) is 17.1. The molecule has 0 saturated carbocycles. The Bertz CT molecular complexity index is 877. The van der Waals surface area contributed by atoms with E-state index >= 15 is 0 Å². The maximum absolute atomic E-state index is 13.5. The maximum atomic E-state index is 13.5. The van der Waals surface area contributed by atoms with E-state index in [9.17, 15) is 14.0 Å². The third-order valence-corrected chi connectivity index (χ3v) is 5.48. The van der Waals surface area contributed by atoms with Gasteiger partial charge in [-0.3, -0.25) is 9.59 Å². The average Bonchev–Trinajstić information content (AvgIpc) is 2.61. The number of hydrogen-bond donors (Lipinski definition) is 1. The van der Waals surface area contributed by atoms with Crippen molar-refractivity contribution in [1.29, 1.82) is 0 Å². The molecular formula is C20H24BrFN2O2. The van der Waals surface area contributed by atoms with Gasteiger partial charge in [-0.25, -0.2) is 4.39 Å². The van der Waals surface area contributed by atoms with Gasteiger partial charge in [0.2, 0.25) is 0 Å². The number of benzene rings is 1. The molecule has 26 heavy (non-hydrogen) atoms. The first-order chi connectivity index (χ1) is 12.3. The average molecular weight is 423 g/mol.